The van der Waals surface area contributed by atoms with E-state index in [0.717, 1.165) is 19.1 Å². The number of amides is 2. The van der Waals surface area contributed by atoms with Gasteiger partial charge >= 0.3 is 6.03 Å². The van der Waals surface area contributed by atoms with E-state index in [0.29, 0.717) is 30.3 Å². The number of rotatable bonds is 4. The Hall–Kier alpha value is -1.31. The van der Waals surface area contributed by atoms with Crippen LogP contribution in [0.25, 0.3) is 0 Å². The maximum absolute atomic E-state index is 12.2. The summed E-state index contributed by atoms with van der Waals surface area (Å²) >= 11 is 5.81. The average molecular weight is 346 g/mol. The van der Waals surface area contributed by atoms with E-state index < -0.39 is 10.0 Å². The molecule has 0 aromatic heterocycles. The number of likely N-dealkylation sites (tertiary alicyclic amines) is 1. The van der Waals surface area contributed by atoms with Gasteiger partial charge < -0.3 is 10.2 Å². The predicted octanol–water partition coefficient (Wildman–Crippen LogP) is 2.13. The lowest BCUT2D eigenvalue weighted by atomic mass is 9.99. The molecule has 0 aliphatic carbocycles. The van der Waals surface area contributed by atoms with Crippen LogP contribution in [-0.4, -0.2) is 45.2 Å². The van der Waals surface area contributed by atoms with Crippen molar-refractivity contribution < 1.29 is 13.2 Å². The highest BCUT2D eigenvalue weighted by molar-refractivity contribution is 7.88. The molecule has 1 atom stereocenters. The lowest BCUT2D eigenvalue weighted by Gasteiger charge is -2.32. The van der Waals surface area contributed by atoms with Gasteiger partial charge in [-0.05, 0) is 43.0 Å². The highest BCUT2D eigenvalue weighted by atomic mass is 35.5. The van der Waals surface area contributed by atoms with Gasteiger partial charge in [-0.2, -0.15) is 0 Å². The van der Waals surface area contributed by atoms with E-state index in [4.69, 9.17) is 11.6 Å². The van der Waals surface area contributed by atoms with E-state index in [1.807, 2.05) is 0 Å². The van der Waals surface area contributed by atoms with E-state index in [-0.39, 0.29) is 11.9 Å². The Morgan fingerprint density at radius 3 is 2.68 bits per heavy atom. The molecular formula is C14H20ClN3O3S. The summed E-state index contributed by atoms with van der Waals surface area (Å²) in [7, 11) is -3.20. The Kier molecular flexibility index (Phi) is 5.66. The number of nitrogens with zero attached hydrogens (tertiary/aromatic N) is 1. The number of benzene rings is 1. The molecule has 1 aromatic carbocycles. The number of piperidine rings is 1. The minimum absolute atomic E-state index is 0.138. The summed E-state index contributed by atoms with van der Waals surface area (Å²) in [5.74, 6) is 0.138. The molecule has 0 saturated carbocycles. The molecule has 2 rings (SSSR count). The lowest BCUT2D eigenvalue weighted by Crippen LogP contribution is -2.45. The minimum atomic E-state index is -3.20. The van der Waals surface area contributed by atoms with Gasteiger partial charge in [0.15, 0.2) is 0 Å². The van der Waals surface area contributed by atoms with Gasteiger partial charge in [-0.15, -0.1) is 0 Å². The largest absolute Gasteiger partial charge is 0.324 e. The van der Waals surface area contributed by atoms with Crippen molar-refractivity contribution in [2.75, 3.05) is 31.2 Å². The Balaban J connectivity index is 1.88. The average Bonchev–Trinajstić information content (AvgIpc) is 2.47. The van der Waals surface area contributed by atoms with Crippen molar-refractivity contribution in [1.29, 1.82) is 0 Å². The molecule has 1 fully saturated rings. The molecule has 0 unspecified atom stereocenters. The first-order chi connectivity index (χ1) is 10.3. The number of halogens is 1. The molecule has 2 amide bonds. The smallest absolute Gasteiger partial charge is 0.321 e. The topological polar surface area (TPSA) is 78.5 Å². The minimum Gasteiger partial charge on any atom is -0.324 e. The summed E-state index contributed by atoms with van der Waals surface area (Å²) < 4.78 is 24.8. The van der Waals surface area contributed by atoms with Gasteiger partial charge in [0.05, 0.1) is 6.26 Å². The van der Waals surface area contributed by atoms with Crippen LogP contribution in [0.15, 0.2) is 24.3 Å². The van der Waals surface area contributed by atoms with E-state index in [2.05, 4.69) is 10.0 Å². The summed E-state index contributed by atoms with van der Waals surface area (Å²) in [6.07, 6.45) is 2.91. The highest BCUT2D eigenvalue weighted by Crippen LogP contribution is 2.18. The number of hydrogen-bond donors (Lipinski definition) is 2. The SMILES string of the molecule is CS(=O)(=O)NC[C@H]1CCCN(C(=O)Nc2ccc(Cl)cc2)C1. The van der Waals surface area contributed by atoms with Gasteiger partial charge in [0.25, 0.3) is 0 Å². The molecule has 8 heteroatoms. The lowest BCUT2D eigenvalue weighted by molar-refractivity contribution is 0.178. The van der Waals surface area contributed by atoms with Gasteiger partial charge in [0.2, 0.25) is 10.0 Å². The second-order valence-corrected chi connectivity index (χ2v) is 7.78. The third-order valence-corrected chi connectivity index (χ3v) is 4.48. The zero-order valence-electron chi connectivity index (χ0n) is 12.4. The third kappa shape index (κ3) is 5.47. The molecule has 0 bridgehead atoms. The van der Waals surface area contributed by atoms with Crippen LogP contribution in [0.1, 0.15) is 12.8 Å². The van der Waals surface area contributed by atoms with Crippen LogP contribution < -0.4 is 10.0 Å². The molecule has 1 saturated heterocycles. The van der Waals surface area contributed by atoms with Crippen molar-refractivity contribution in [2.24, 2.45) is 5.92 Å². The maximum Gasteiger partial charge on any atom is 0.321 e. The van der Waals surface area contributed by atoms with Gasteiger partial charge in [0.1, 0.15) is 0 Å². The van der Waals surface area contributed by atoms with Gasteiger partial charge in [-0.1, -0.05) is 11.6 Å². The zero-order chi connectivity index (χ0) is 16.2. The van der Waals surface area contributed by atoms with E-state index in [1.54, 1.807) is 29.2 Å². The molecule has 2 N–H and O–H groups in total. The standard InChI is InChI=1S/C14H20ClN3O3S/c1-22(20,21)16-9-11-3-2-8-18(10-11)14(19)17-13-6-4-12(15)5-7-13/h4-7,11,16H,2-3,8-10H2,1H3,(H,17,19)/t11-/m1/s1. The van der Waals surface area contributed by atoms with Crippen LogP contribution in [0, 0.1) is 5.92 Å². The number of carbonyl (C=O) groups is 1. The second-order valence-electron chi connectivity index (χ2n) is 5.51. The van der Waals surface area contributed by atoms with Gasteiger partial charge in [-0.25, -0.2) is 17.9 Å². The first kappa shape index (κ1) is 17.1. The molecule has 1 aliphatic rings. The van der Waals surface area contributed by atoms with Crippen LogP contribution in [0.2, 0.25) is 5.02 Å². The van der Waals surface area contributed by atoms with E-state index in [9.17, 15) is 13.2 Å². The molecule has 0 spiro atoms. The summed E-state index contributed by atoms with van der Waals surface area (Å²) in [5, 5.41) is 3.44. The van der Waals surface area contributed by atoms with Crippen molar-refractivity contribution in [1.82, 2.24) is 9.62 Å². The molecule has 6 nitrogen and oxygen atoms in total. The Bertz CT molecular complexity index is 619. The van der Waals surface area contributed by atoms with Crippen LogP contribution >= 0.6 is 11.6 Å². The summed E-state index contributed by atoms with van der Waals surface area (Å²) in [4.78, 5) is 14.0. The molecule has 1 aliphatic heterocycles. The number of urea groups is 1. The molecule has 0 radical (unpaired) electrons. The van der Waals surface area contributed by atoms with Crippen LogP contribution in [0.3, 0.4) is 0 Å². The quantitative estimate of drug-likeness (QED) is 0.877. The molecule has 22 heavy (non-hydrogen) atoms. The Labute approximate surface area is 135 Å². The maximum atomic E-state index is 12.2. The molecule has 1 aromatic rings. The van der Waals surface area contributed by atoms with E-state index >= 15 is 0 Å². The second kappa shape index (κ2) is 7.30. The molecule has 122 valence electrons. The zero-order valence-corrected chi connectivity index (χ0v) is 14.0. The normalized spacial score (nSPS) is 19.0. The van der Waals surface area contributed by atoms with Crippen LogP contribution in [-0.2, 0) is 10.0 Å². The third-order valence-electron chi connectivity index (χ3n) is 3.54. The fraction of sp³-hybridized carbons (Fsp3) is 0.500. The first-order valence-corrected chi connectivity index (χ1v) is 9.36. The summed E-state index contributed by atoms with van der Waals surface area (Å²) in [6, 6.07) is 6.74. The van der Waals surface area contributed by atoms with Crippen molar-refractivity contribution in [3.05, 3.63) is 29.3 Å². The monoisotopic (exact) mass is 345 g/mol. The fourth-order valence-electron chi connectivity index (χ4n) is 2.42. The summed E-state index contributed by atoms with van der Waals surface area (Å²) in [6.45, 7) is 1.58. The first-order valence-electron chi connectivity index (χ1n) is 7.09. The molecular weight excluding hydrogens is 326 g/mol. The van der Waals surface area contributed by atoms with Crippen LogP contribution in [0.4, 0.5) is 10.5 Å². The Morgan fingerprint density at radius 2 is 2.05 bits per heavy atom. The van der Waals surface area contributed by atoms with Gasteiger partial charge in [-0.3, -0.25) is 0 Å². The molecule has 1 heterocycles. The summed E-state index contributed by atoms with van der Waals surface area (Å²) in [5.41, 5.74) is 0.686. The van der Waals surface area contributed by atoms with Crippen molar-refractivity contribution in [3.8, 4) is 0 Å². The van der Waals surface area contributed by atoms with Crippen molar-refractivity contribution in [2.45, 2.75) is 12.8 Å². The number of sulfonamides is 1. The van der Waals surface area contributed by atoms with E-state index in [1.165, 1.54) is 0 Å². The number of anilines is 1. The van der Waals surface area contributed by atoms with Crippen molar-refractivity contribution >= 4 is 33.3 Å². The number of hydrogen-bond acceptors (Lipinski definition) is 3. The number of carbonyl (C=O) groups excluding carboxylic acids is 1. The number of nitrogens with one attached hydrogen (secondary N) is 2. The highest BCUT2D eigenvalue weighted by Gasteiger charge is 2.24. The van der Waals surface area contributed by atoms with Crippen LogP contribution in [0.5, 0.6) is 0 Å². The Morgan fingerprint density at radius 1 is 1.36 bits per heavy atom. The predicted molar refractivity (Wildman–Crippen MR) is 87.6 cm³/mol. The van der Waals surface area contributed by atoms with Gasteiger partial charge in [0, 0.05) is 30.3 Å². The van der Waals surface area contributed by atoms with Crippen molar-refractivity contribution in [3.63, 3.8) is 0 Å². The fourth-order valence-corrected chi connectivity index (χ4v) is 3.09.